The summed E-state index contributed by atoms with van der Waals surface area (Å²) in [5.41, 5.74) is 4.57. The summed E-state index contributed by atoms with van der Waals surface area (Å²) in [6, 6.07) is 5.69. The average Bonchev–Trinajstić information content (AvgIpc) is 3.23. The van der Waals surface area contributed by atoms with Gasteiger partial charge in [-0.1, -0.05) is 5.21 Å². The van der Waals surface area contributed by atoms with Crippen molar-refractivity contribution in [2.24, 2.45) is 4.99 Å². The molecule has 0 saturated carbocycles. The number of phenols is 1. The maximum Gasteiger partial charge on any atom is 0.201 e. The Hall–Kier alpha value is -2.87. The summed E-state index contributed by atoms with van der Waals surface area (Å²) in [5, 5.41) is 31.8. The van der Waals surface area contributed by atoms with Crippen LogP contribution in [0.4, 0.5) is 0 Å². The van der Waals surface area contributed by atoms with E-state index in [0.717, 1.165) is 24.0 Å². The predicted molar refractivity (Wildman–Crippen MR) is 111 cm³/mol. The van der Waals surface area contributed by atoms with Crippen molar-refractivity contribution in [1.82, 2.24) is 30.5 Å². The molecule has 1 aromatic carbocycles. The summed E-state index contributed by atoms with van der Waals surface area (Å²) in [6.07, 6.45) is 3.69. The van der Waals surface area contributed by atoms with Crippen molar-refractivity contribution in [3.63, 3.8) is 0 Å². The van der Waals surface area contributed by atoms with Crippen LogP contribution in [0.5, 0.6) is 5.75 Å². The van der Waals surface area contributed by atoms with E-state index in [2.05, 4.69) is 58.5 Å². The highest BCUT2D eigenvalue weighted by molar-refractivity contribution is 5.88. The monoisotopic (exact) mass is 391 g/mol. The Labute approximate surface area is 169 Å². The Bertz CT molecular complexity index is 1130. The minimum atomic E-state index is -0.00415. The first kappa shape index (κ1) is 18.2. The molecule has 0 spiro atoms. The number of nitrogens with zero attached hydrogens (tertiary/aromatic N) is 6. The zero-order valence-electron chi connectivity index (χ0n) is 17.1. The minimum Gasteiger partial charge on any atom is -0.507 e. The van der Waals surface area contributed by atoms with Crippen molar-refractivity contribution in [1.29, 1.82) is 0 Å². The Morgan fingerprint density at radius 3 is 2.55 bits per heavy atom. The second kappa shape index (κ2) is 6.06. The molecule has 3 aromatic rings. The van der Waals surface area contributed by atoms with Crippen LogP contribution in [0.1, 0.15) is 57.7 Å². The average molecular weight is 391 g/mol. The molecule has 0 unspecified atom stereocenters. The van der Waals surface area contributed by atoms with Crippen molar-refractivity contribution in [2.75, 3.05) is 0 Å². The van der Waals surface area contributed by atoms with Gasteiger partial charge in [-0.05, 0) is 69.9 Å². The number of hydrogen-bond acceptors (Lipinski definition) is 7. The van der Waals surface area contributed by atoms with E-state index in [1.165, 1.54) is 0 Å². The lowest BCUT2D eigenvalue weighted by Gasteiger charge is -2.46. The number of aromatic nitrogens is 5. The molecule has 0 radical (unpaired) electrons. The largest absolute Gasteiger partial charge is 0.507 e. The molecule has 2 aliphatic rings. The van der Waals surface area contributed by atoms with Gasteiger partial charge >= 0.3 is 0 Å². The van der Waals surface area contributed by atoms with Crippen molar-refractivity contribution in [2.45, 2.75) is 64.2 Å². The van der Waals surface area contributed by atoms with Gasteiger partial charge in [-0.3, -0.25) is 4.99 Å². The van der Waals surface area contributed by atoms with Gasteiger partial charge in [0.25, 0.3) is 0 Å². The fourth-order valence-electron chi connectivity index (χ4n) is 4.92. The third-order valence-electron chi connectivity index (χ3n) is 5.76. The normalized spacial score (nSPS) is 20.3. The number of rotatable bonds is 2. The number of piperidine rings is 1. The van der Waals surface area contributed by atoms with E-state index >= 15 is 0 Å². The molecular formula is C21H25N7O. The van der Waals surface area contributed by atoms with Crippen LogP contribution in [0.3, 0.4) is 0 Å². The number of nitrogens with one attached hydrogen (secondary N) is 1. The predicted octanol–water partition coefficient (Wildman–Crippen LogP) is 3.01. The molecule has 29 heavy (non-hydrogen) atoms. The summed E-state index contributed by atoms with van der Waals surface area (Å²) in [7, 11) is 0. The molecule has 5 rings (SSSR count). The van der Waals surface area contributed by atoms with Crippen molar-refractivity contribution in [3.8, 4) is 17.0 Å². The Balaban J connectivity index is 1.54. The fourth-order valence-corrected chi connectivity index (χ4v) is 4.92. The standard InChI is InChI=1S/C21H25N7O/c1-20(2)8-14(9-21(3,4)26-20)28-19-17(24-27-28)7-16(23-25-19)15-5-12-10-22-11-13(12)6-18(15)29/h5-7,10,14,26,29H,8-9,11H2,1-4H3. The van der Waals surface area contributed by atoms with Crippen LogP contribution in [0.25, 0.3) is 22.4 Å². The molecule has 0 atom stereocenters. The molecule has 0 aliphatic carbocycles. The summed E-state index contributed by atoms with van der Waals surface area (Å²) in [5.74, 6) is 0.178. The number of aromatic hydroxyl groups is 1. The Morgan fingerprint density at radius 1 is 1.03 bits per heavy atom. The maximum atomic E-state index is 10.5. The zero-order chi connectivity index (χ0) is 20.4. The quantitative estimate of drug-likeness (QED) is 0.696. The molecule has 8 nitrogen and oxygen atoms in total. The Kier molecular flexibility index (Phi) is 3.80. The third kappa shape index (κ3) is 3.17. The van der Waals surface area contributed by atoms with E-state index in [9.17, 15) is 5.11 Å². The van der Waals surface area contributed by atoms with Gasteiger partial charge in [0.15, 0.2) is 0 Å². The molecule has 0 amide bonds. The third-order valence-corrected chi connectivity index (χ3v) is 5.76. The van der Waals surface area contributed by atoms with Gasteiger partial charge in [-0.2, -0.15) is 0 Å². The molecule has 2 aliphatic heterocycles. The summed E-state index contributed by atoms with van der Waals surface area (Å²) in [6.45, 7) is 9.45. The molecule has 8 heteroatoms. The highest BCUT2D eigenvalue weighted by Gasteiger charge is 2.39. The second-order valence-electron chi connectivity index (χ2n) is 9.47. The Morgan fingerprint density at radius 2 is 1.79 bits per heavy atom. The lowest BCUT2D eigenvalue weighted by molar-refractivity contribution is 0.127. The zero-order valence-corrected chi connectivity index (χ0v) is 17.1. The van der Waals surface area contributed by atoms with E-state index in [0.29, 0.717) is 29.0 Å². The smallest absolute Gasteiger partial charge is 0.201 e. The van der Waals surface area contributed by atoms with Crippen LogP contribution in [-0.2, 0) is 6.54 Å². The van der Waals surface area contributed by atoms with Crippen LogP contribution < -0.4 is 5.32 Å². The minimum absolute atomic E-state index is 0.00415. The molecule has 2 aromatic heterocycles. The van der Waals surface area contributed by atoms with E-state index in [1.54, 1.807) is 6.07 Å². The topological polar surface area (TPSA) is 101 Å². The lowest BCUT2D eigenvalue weighted by Crippen LogP contribution is -2.58. The molecule has 1 fully saturated rings. The molecule has 0 bridgehead atoms. The lowest BCUT2D eigenvalue weighted by atomic mass is 9.80. The van der Waals surface area contributed by atoms with Crippen molar-refractivity contribution in [3.05, 3.63) is 29.3 Å². The molecule has 4 heterocycles. The van der Waals surface area contributed by atoms with Crippen molar-refractivity contribution >= 4 is 17.4 Å². The fraction of sp³-hybridized carbons (Fsp3) is 0.476. The van der Waals surface area contributed by atoms with Gasteiger partial charge < -0.3 is 10.4 Å². The first-order chi connectivity index (χ1) is 13.7. The molecular weight excluding hydrogens is 366 g/mol. The van der Waals surface area contributed by atoms with E-state index < -0.39 is 0 Å². The molecule has 2 N–H and O–H groups in total. The summed E-state index contributed by atoms with van der Waals surface area (Å²) in [4.78, 5) is 4.25. The van der Waals surface area contributed by atoms with Gasteiger partial charge in [-0.15, -0.1) is 15.3 Å². The van der Waals surface area contributed by atoms with Crippen LogP contribution in [0.2, 0.25) is 0 Å². The summed E-state index contributed by atoms with van der Waals surface area (Å²) >= 11 is 0. The molecule has 1 saturated heterocycles. The first-order valence-electron chi connectivity index (χ1n) is 9.95. The number of phenolic OH excluding ortho intramolecular Hbond substituents is 1. The van der Waals surface area contributed by atoms with Gasteiger partial charge in [0, 0.05) is 22.9 Å². The van der Waals surface area contributed by atoms with Crippen LogP contribution >= 0.6 is 0 Å². The first-order valence-corrected chi connectivity index (χ1v) is 9.95. The van der Waals surface area contributed by atoms with Crippen molar-refractivity contribution < 1.29 is 5.11 Å². The van der Waals surface area contributed by atoms with E-state index in [-0.39, 0.29) is 22.9 Å². The highest BCUT2D eigenvalue weighted by atomic mass is 16.3. The van der Waals surface area contributed by atoms with E-state index in [1.807, 2.05) is 23.0 Å². The van der Waals surface area contributed by atoms with Crippen LogP contribution in [0, 0.1) is 0 Å². The maximum absolute atomic E-state index is 10.5. The number of benzene rings is 1. The van der Waals surface area contributed by atoms with Gasteiger partial charge in [0.1, 0.15) is 11.3 Å². The SMILES string of the molecule is CC1(C)CC(n2nnc3cc(-c4cc5c(cc4O)CN=C5)nnc32)CC(C)(C)N1. The van der Waals surface area contributed by atoms with Gasteiger partial charge in [-0.25, -0.2) is 4.68 Å². The highest BCUT2D eigenvalue weighted by Crippen LogP contribution is 2.37. The second-order valence-corrected chi connectivity index (χ2v) is 9.47. The van der Waals surface area contributed by atoms with Gasteiger partial charge in [0.05, 0.1) is 18.3 Å². The summed E-state index contributed by atoms with van der Waals surface area (Å²) < 4.78 is 1.91. The number of hydrogen-bond donors (Lipinski definition) is 2. The van der Waals surface area contributed by atoms with Gasteiger partial charge in [0.2, 0.25) is 5.65 Å². The molecule has 150 valence electrons. The van der Waals surface area contributed by atoms with Crippen LogP contribution in [0.15, 0.2) is 23.2 Å². The van der Waals surface area contributed by atoms with Crippen LogP contribution in [-0.4, -0.2) is 47.6 Å². The van der Waals surface area contributed by atoms with E-state index in [4.69, 9.17) is 0 Å². The number of fused-ring (bicyclic) bond motifs is 2. The number of aliphatic imine (C=N–C) groups is 1.